The van der Waals surface area contributed by atoms with Gasteiger partial charge in [-0.1, -0.05) is 36.4 Å². The minimum atomic E-state index is -0.0549. The number of thiophene rings is 1. The van der Waals surface area contributed by atoms with Gasteiger partial charge in [-0.3, -0.25) is 4.79 Å². The molecule has 114 valence electrons. The molecule has 4 heteroatoms. The lowest BCUT2D eigenvalue weighted by Gasteiger charge is -2.03. The van der Waals surface area contributed by atoms with Crippen LogP contribution < -0.4 is 5.32 Å². The number of benzene rings is 2. The van der Waals surface area contributed by atoms with Crippen molar-refractivity contribution in [3.63, 3.8) is 0 Å². The van der Waals surface area contributed by atoms with Crippen molar-refractivity contribution in [2.75, 3.05) is 6.54 Å². The SMILES string of the molecule is O=C(NCCc1csc2ccccc12)c1cc2ccccc2[nH]1. The lowest BCUT2D eigenvalue weighted by molar-refractivity contribution is 0.0950. The topological polar surface area (TPSA) is 44.9 Å². The first-order valence-corrected chi connectivity index (χ1v) is 8.50. The van der Waals surface area contributed by atoms with Crippen LogP contribution in [0.15, 0.2) is 60.0 Å². The van der Waals surface area contributed by atoms with Crippen molar-refractivity contribution < 1.29 is 4.79 Å². The Hall–Kier alpha value is -2.59. The van der Waals surface area contributed by atoms with Crippen molar-refractivity contribution in [2.24, 2.45) is 0 Å². The van der Waals surface area contributed by atoms with Crippen LogP contribution in [0.4, 0.5) is 0 Å². The highest BCUT2D eigenvalue weighted by Crippen LogP contribution is 2.25. The molecule has 2 aromatic heterocycles. The van der Waals surface area contributed by atoms with E-state index in [4.69, 9.17) is 0 Å². The summed E-state index contributed by atoms with van der Waals surface area (Å²) >= 11 is 1.75. The average Bonchev–Trinajstić information content (AvgIpc) is 3.19. The number of hydrogen-bond acceptors (Lipinski definition) is 2. The molecular weight excluding hydrogens is 304 g/mol. The van der Waals surface area contributed by atoms with E-state index in [9.17, 15) is 4.79 Å². The number of H-pyrrole nitrogens is 1. The molecule has 0 aliphatic carbocycles. The van der Waals surface area contributed by atoms with E-state index < -0.39 is 0 Å². The highest BCUT2D eigenvalue weighted by Gasteiger charge is 2.09. The van der Waals surface area contributed by atoms with E-state index >= 15 is 0 Å². The third-order valence-electron chi connectivity index (χ3n) is 4.02. The molecule has 2 heterocycles. The largest absolute Gasteiger partial charge is 0.351 e. The fourth-order valence-electron chi connectivity index (χ4n) is 2.83. The molecule has 0 unspecified atom stereocenters. The Morgan fingerprint density at radius 3 is 2.83 bits per heavy atom. The van der Waals surface area contributed by atoms with Crippen LogP contribution in [0.3, 0.4) is 0 Å². The Balaban J connectivity index is 1.43. The van der Waals surface area contributed by atoms with Gasteiger partial charge < -0.3 is 10.3 Å². The first-order chi connectivity index (χ1) is 11.3. The number of carbonyl (C=O) groups is 1. The smallest absolute Gasteiger partial charge is 0.267 e. The van der Waals surface area contributed by atoms with Crippen LogP contribution in [0.1, 0.15) is 16.1 Å². The van der Waals surface area contributed by atoms with Crippen LogP contribution in [0.5, 0.6) is 0 Å². The van der Waals surface area contributed by atoms with Crippen molar-refractivity contribution in [1.29, 1.82) is 0 Å². The molecule has 0 aliphatic heterocycles. The highest BCUT2D eigenvalue weighted by atomic mass is 32.1. The van der Waals surface area contributed by atoms with E-state index in [1.54, 1.807) is 11.3 Å². The van der Waals surface area contributed by atoms with Gasteiger partial charge in [0.2, 0.25) is 0 Å². The fraction of sp³-hybridized carbons (Fsp3) is 0.105. The second-order valence-electron chi connectivity index (χ2n) is 5.53. The first kappa shape index (κ1) is 14.0. The predicted molar refractivity (Wildman–Crippen MR) is 96.2 cm³/mol. The highest BCUT2D eigenvalue weighted by molar-refractivity contribution is 7.17. The lowest BCUT2D eigenvalue weighted by Crippen LogP contribution is -2.25. The number of aromatic nitrogens is 1. The Labute approximate surface area is 138 Å². The number of rotatable bonds is 4. The molecule has 3 nitrogen and oxygen atoms in total. The number of aromatic amines is 1. The van der Waals surface area contributed by atoms with Gasteiger partial charge in [0.05, 0.1) is 0 Å². The molecule has 0 aliphatic rings. The number of amides is 1. The molecule has 0 saturated heterocycles. The summed E-state index contributed by atoms with van der Waals surface area (Å²) in [6.45, 7) is 0.634. The third kappa shape index (κ3) is 2.73. The fourth-order valence-corrected chi connectivity index (χ4v) is 3.83. The van der Waals surface area contributed by atoms with Crippen molar-refractivity contribution >= 4 is 38.2 Å². The van der Waals surface area contributed by atoms with E-state index in [2.05, 4.69) is 39.9 Å². The molecule has 4 rings (SSSR count). The normalized spacial score (nSPS) is 11.1. The molecule has 2 aromatic carbocycles. The van der Waals surface area contributed by atoms with Crippen molar-refractivity contribution in [1.82, 2.24) is 10.3 Å². The van der Waals surface area contributed by atoms with E-state index in [0.29, 0.717) is 12.2 Å². The minimum absolute atomic E-state index is 0.0549. The molecule has 0 radical (unpaired) electrons. The Kier molecular flexibility index (Phi) is 3.60. The number of para-hydroxylation sites is 1. The molecule has 23 heavy (non-hydrogen) atoms. The second-order valence-corrected chi connectivity index (χ2v) is 6.44. The summed E-state index contributed by atoms with van der Waals surface area (Å²) in [4.78, 5) is 15.4. The quantitative estimate of drug-likeness (QED) is 0.577. The number of nitrogens with one attached hydrogen (secondary N) is 2. The third-order valence-corrected chi connectivity index (χ3v) is 5.03. The summed E-state index contributed by atoms with van der Waals surface area (Å²) in [5.41, 5.74) is 2.89. The molecular formula is C19H16N2OS. The van der Waals surface area contributed by atoms with Crippen LogP contribution in [0, 0.1) is 0 Å². The standard InChI is InChI=1S/C19H16N2OS/c22-19(17-11-13-5-1-3-7-16(13)21-17)20-10-9-14-12-23-18-8-4-2-6-15(14)18/h1-8,11-12,21H,9-10H2,(H,20,22). The summed E-state index contributed by atoms with van der Waals surface area (Å²) in [5, 5.41) is 7.52. The Morgan fingerprint density at radius 2 is 1.91 bits per heavy atom. The van der Waals surface area contributed by atoms with Crippen LogP contribution in [-0.4, -0.2) is 17.4 Å². The van der Waals surface area contributed by atoms with Gasteiger partial charge in [0.25, 0.3) is 5.91 Å². The van der Waals surface area contributed by atoms with Crippen molar-refractivity contribution in [3.05, 3.63) is 71.2 Å². The number of hydrogen-bond donors (Lipinski definition) is 2. The average molecular weight is 320 g/mol. The van der Waals surface area contributed by atoms with Crippen LogP contribution >= 0.6 is 11.3 Å². The molecule has 0 atom stereocenters. The van der Waals surface area contributed by atoms with Crippen LogP contribution in [0.25, 0.3) is 21.0 Å². The Morgan fingerprint density at radius 1 is 1.09 bits per heavy atom. The van der Waals surface area contributed by atoms with Gasteiger partial charge in [-0.2, -0.15) is 0 Å². The maximum atomic E-state index is 12.3. The Bertz CT molecular complexity index is 950. The number of fused-ring (bicyclic) bond motifs is 2. The molecule has 0 bridgehead atoms. The zero-order valence-electron chi connectivity index (χ0n) is 12.5. The van der Waals surface area contributed by atoms with Gasteiger partial charge in [0, 0.05) is 22.1 Å². The molecule has 4 aromatic rings. The molecule has 1 amide bonds. The molecule has 0 fully saturated rings. The number of carbonyl (C=O) groups excluding carboxylic acids is 1. The zero-order valence-corrected chi connectivity index (χ0v) is 13.3. The zero-order chi connectivity index (χ0) is 15.6. The van der Waals surface area contributed by atoms with Gasteiger partial charge >= 0.3 is 0 Å². The van der Waals surface area contributed by atoms with Crippen LogP contribution in [-0.2, 0) is 6.42 Å². The van der Waals surface area contributed by atoms with Crippen LogP contribution in [0.2, 0.25) is 0 Å². The molecule has 0 saturated carbocycles. The van der Waals surface area contributed by atoms with Gasteiger partial charge in [0.15, 0.2) is 0 Å². The van der Waals surface area contributed by atoms with E-state index in [1.807, 2.05) is 30.3 Å². The van der Waals surface area contributed by atoms with E-state index in [1.165, 1.54) is 15.6 Å². The maximum Gasteiger partial charge on any atom is 0.267 e. The summed E-state index contributed by atoms with van der Waals surface area (Å²) in [6.07, 6.45) is 0.843. The summed E-state index contributed by atoms with van der Waals surface area (Å²) in [7, 11) is 0. The van der Waals surface area contributed by atoms with Crippen molar-refractivity contribution in [2.45, 2.75) is 6.42 Å². The second kappa shape index (κ2) is 5.89. The van der Waals surface area contributed by atoms with Gasteiger partial charge in [-0.05, 0) is 40.9 Å². The van der Waals surface area contributed by atoms with E-state index in [-0.39, 0.29) is 5.91 Å². The van der Waals surface area contributed by atoms with Crippen molar-refractivity contribution in [3.8, 4) is 0 Å². The summed E-state index contributed by atoms with van der Waals surface area (Å²) in [5.74, 6) is -0.0549. The maximum absolute atomic E-state index is 12.3. The monoisotopic (exact) mass is 320 g/mol. The minimum Gasteiger partial charge on any atom is -0.351 e. The molecule has 2 N–H and O–H groups in total. The lowest BCUT2D eigenvalue weighted by atomic mass is 10.1. The van der Waals surface area contributed by atoms with Gasteiger partial charge in [0.1, 0.15) is 5.69 Å². The summed E-state index contributed by atoms with van der Waals surface area (Å²) in [6, 6.07) is 18.2. The predicted octanol–water partition coefficient (Wildman–Crippen LogP) is 4.36. The first-order valence-electron chi connectivity index (χ1n) is 7.62. The van der Waals surface area contributed by atoms with E-state index in [0.717, 1.165) is 17.3 Å². The summed E-state index contributed by atoms with van der Waals surface area (Å²) < 4.78 is 1.30. The molecule has 0 spiro atoms. The van der Waals surface area contributed by atoms with Gasteiger partial charge in [-0.25, -0.2) is 0 Å². The van der Waals surface area contributed by atoms with Gasteiger partial charge in [-0.15, -0.1) is 11.3 Å².